The number of benzene rings is 1. The summed E-state index contributed by atoms with van der Waals surface area (Å²) >= 11 is -0.0660. The topological polar surface area (TPSA) is 0 Å². The molecule has 1 saturated carbocycles. The van der Waals surface area contributed by atoms with E-state index in [2.05, 4.69) is 11.8 Å². The number of hydrogen-bond acceptors (Lipinski definition) is 1. The monoisotopic (exact) mass is 284 g/mol. The minimum absolute atomic E-state index is 0.0660. The molecule has 1 fully saturated rings. The Hall–Kier alpha value is -1.08. The van der Waals surface area contributed by atoms with Gasteiger partial charge >= 0.3 is 5.51 Å². The van der Waals surface area contributed by atoms with Crippen LogP contribution in [0, 0.1) is 24.7 Å². The fourth-order valence-corrected chi connectivity index (χ4v) is 2.94. The number of hydrogen-bond donors (Lipinski definition) is 0. The largest absolute Gasteiger partial charge is 0.446 e. The van der Waals surface area contributed by atoms with Crippen LogP contribution in [0.4, 0.5) is 13.2 Å². The van der Waals surface area contributed by atoms with Gasteiger partial charge in [-0.3, -0.25) is 0 Å². The third kappa shape index (κ3) is 4.21. The predicted molar refractivity (Wildman–Crippen MR) is 71.9 cm³/mol. The Labute approximate surface area is 115 Å². The highest BCUT2D eigenvalue weighted by Crippen LogP contribution is 2.40. The Bertz CT molecular complexity index is 502. The quantitative estimate of drug-likeness (QED) is 0.507. The van der Waals surface area contributed by atoms with E-state index in [-0.39, 0.29) is 16.7 Å². The molecule has 0 N–H and O–H groups in total. The molecule has 0 unspecified atom stereocenters. The molecule has 1 aromatic rings. The highest BCUT2D eigenvalue weighted by molar-refractivity contribution is 8.00. The summed E-state index contributed by atoms with van der Waals surface area (Å²) in [4.78, 5) is 0.237. The SMILES string of the molecule is Cc1cccc(C#CC2CCCC2)c1SC(F)(F)F. The van der Waals surface area contributed by atoms with Crippen LogP contribution in [0.15, 0.2) is 23.1 Å². The van der Waals surface area contributed by atoms with E-state index in [4.69, 9.17) is 0 Å². The zero-order chi connectivity index (χ0) is 13.9. The lowest BCUT2D eigenvalue weighted by atomic mass is 10.1. The number of thioether (sulfide) groups is 1. The van der Waals surface area contributed by atoms with Gasteiger partial charge in [-0.2, -0.15) is 13.2 Å². The van der Waals surface area contributed by atoms with Crippen LogP contribution in [0.2, 0.25) is 0 Å². The number of aryl methyl sites for hydroxylation is 1. The first kappa shape index (κ1) is 14.3. The summed E-state index contributed by atoms with van der Waals surface area (Å²) in [5.41, 5.74) is -3.15. The summed E-state index contributed by atoms with van der Waals surface area (Å²) in [7, 11) is 0. The van der Waals surface area contributed by atoms with Gasteiger partial charge in [0.15, 0.2) is 0 Å². The van der Waals surface area contributed by atoms with E-state index in [1.54, 1.807) is 25.1 Å². The van der Waals surface area contributed by atoms with Crippen molar-refractivity contribution in [1.82, 2.24) is 0 Å². The van der Waals surface area contributed by atoms with Crippen LogP contribution >= 0.6 is 11.8 Å². The van der Waals surface area contributed by atoms with E-state index in [0.29, 0.717) is 17.0 Å². The summed E-state index contributed by atoms with van der Waals surface area (Å²) in [6.07, 6.45) is 4.50. The van der Waals surface area contributed by atoms with Crippen LogP contribution in [0.25, 0.3) is 0 Å². The molecule has 1 aliphatic carbocycles. The predicted octanol–water partition coefficient (Wildman–Crippen LogP) is 5.15. The van der Waals surface area contributed by atoms with E-state index in [1.807, 2.05) is 0 Å². The van der Waals surface area contributed by atoms with Crippen molar-refractivity contribution in [3.63, 3.8) is 0 Å². The van der Waals surface area contributed by atoms with E-state index in [1.165, 1.54) is 12.8 Å². The second kappa shape index (κ2) is 5.92. The molecule has 0 aliphatic heterocycles. The molecule has 1 aliphatic rings. The van der Waals surface area contributed by atoms with Gasteiger partial charge in [0.25, 0.3) is 0 Å². The molecule has 102 valence electrons. The summed E-state index contributed by atoms with van der Waals surface area (Å²) in [5.74, 6) is 6.42. The van der Waals surface area contributed by atoms with Gasteiger partial charge in [0, 0.05) is 16.4 Å². The molecule has 2 rings (SSSR count). The lowest BCUT2D eigenvalue weighted by Gasteiger charge is -2.10. The number of halogens is 3. The molecule has 0 saturated heterocycles. The van der Waals surface area contributed by atoms with Crippen LogP contribution in [0.3, 0.4) is 0 Å². The maximum absolute atomic E-state index is 12.6. The fraction of sp³-hybridized carbons (Fsp3) is 0.467. The highest BCUT2D eigenvalue weighted by Gasteiger charge is 2.31. The highest BCUT2D eigenvalue weighted by atomic mass is 32.2. The Morgan fingerprint density at radius 1 is 1.21 bits per heavy atom. The van der Waals surface area contributed by atoms with Crippen molar-refractivity contribution in [2.45, 2.75) is 43.0 Å². The van der Waals surface area contributed by atoms with Gasteiger partial charge in [0.2, 0.25) is 0 Å². The van der Waals surface area contributed by atoms with Crippen molar-refractivity contribution >= 4 is 11.8 Å². The van der Waals surface area contributed by atoms with Crippen molar-refractivity contribution < 1.29 is 13.2 Å². The molecule has 0 radical (unpaired) electrons. The van der Waals surface area contributed by atoms with Crippen molar-refractivity contribution in [3.8, 4) is 11.8 Å². The molecular formula is C15H15F3S. The van der Waals surface area contributed by atoms with E-state index in [0.717, 1.165) is 12.8 Å². The molecule has 1 aromatic carbocycles. The van der Waals surface area contributed by atoms with Gasteiger partial charge in [-0.25, -0.2) is 0 Å². The van der Waals surface area contributed by atoms with Gasteiger partial charge in [0.05, 0.1) is 0 Å². The minimum Gasteiger partial charge on any atom is -0.160 e. The second-order valence-corrected chi connectivity index (χ2v) is 5.83. The third-order valence-electron chi connectivity index (χ3n) is 3.20. The Morgan fingerprint density at radius 3 is 2.53 bits per heavy atom. The van der Waals surface area contributed by atoms with Gasteiger partial charge in [-0.1, -0.05) is 36.8 Å². The second-order valence-electron chi connectivity index (χ2n) is 4.75. The van der Waals surface area contributed by atoms with Crippen LogP contribution in [0.1, 0.15) is 36.8 Å². The summed E-state index contributed by atoms with van der Waals surface area (Å²) in [6, 6.07) is 5.12. The molecule has 0 aromatic heterocycles. The van der Waals surface area contributed by atoms with Crippen LogP contribution in [0.5, 0.6) is 0 Å². The molecule has 19 heavy (non-hydrogen) atoms. The van der Waals surface area contributed by atoms with Gasteiger partial charge in [-0.05, 0) is 43.2 Å². The summed E-state index contributed by atoms with van der Waals surface area (Å²) < 4.78 is 37.7. The van der Waals surface area contributed by atoms with Crippen LogP contribution in [-0.4, -0.2) is 5.51 Å². The Morgan fingerprint density at radius 2 is 1.89 bits per heavy atom. The molecule has 0 amide bonds. The molecule has 0 nitrogen and oxygen atoms in total. The van der Waals surface area contributed by atoms with Gasteiger partial charge < -0.3 is 0 Å². The normalized spacial score (nSPS) is 16.2. The molecular weight excluding hydrogens is 269 g/mol. The lowest BCUT2D eigenvalue weighted by molar-refractivity contribution is -0.0328. The van der Waals surface area contributed by atoms with Crippen molar-refractivity contribution in [2.24, 2.45) is 5.92 Å². The Kier molecular flexibility index (Phi) is 4.46. The molecule has 0 atom stereocenters. The first-order chi connectivity index (χ1) is 8.96. The van der Waals surface area contributed by atoms with E-state index >= 15 is 0 Å². The summed E-state index contributed by atoms with van der Waals surface area (Å²) in [6.45, 7) is 1.69. The minimum atomic E-state index is -4.27. The van der Waals surface area contributed by atoms with Crippen molar-refractivity contribution in [3.05, 3.63) is 29.3 Å². The lowest BCUT2D eigenvalue weighted by Crippen LogP contribution is -2.01. The van der Waals surface area contributed by atoms with Crippen molar-refractivity contribution in [1.29, 1.82) is 0 Å². The zero-order valence-electron chi connectivity index (χ0n) is 10.7. The van der Waals surface area contributed by atoms with E-state index in [9.17, 15) is 13.2 Å². The molecule has 0 bridgehead atoms. The van der Waals surface area contributed by atoms with Gasteiger partial charge in [-0.15, -0.1) is 0 Å². The third-order valence-corrected chi connectivity index (χ3v) is 4.17. The summed E-state index contributed by atoms with van der Waals surface area (Å²) in [5, 5.41) is 0. The number of rotatable bonds is 1. The smallest absolute Gasteiger partial charge is 0.160 e. The first-order valence-electron chi connectivity index (χ1n) is 6.32. The maximum atomic E-state index is 12.6. The zero-order valence-corrected chi connectivity index (χ0v) is 11.5. The fourth-order valence-electron chi connectivity index (χ4n) is 2.25. The Balaban J connectivity index is 2.26. The maximum Gasteiger partial charge on any atom is 0.446 e. The standard InChI is InChI=1S/C15H15F3S/c1-11-5-4-8-13(14(11)19-15(16,17)18)10-9-12-6-2-3-7-12/h4-5,8,12H,2-3,6-7H2,1H3. The first-order valence-corrected chi connectivity index (χ1v) is 7.14. The van der Waals surface area contributed by atoms with Crippen molar-refractivity contribution in [2.75, 3.05) is 0 Å². The van der Waals surface area contributed by atoms with Crippen LogP contribution < -0.4 is 0 Å². The average Bonchev–Trinajstić information content (AvgIpc) is 2.81. The molecule has 4 heteroatoms. The average molecular weight is 284 g/mol. The van der Waals surface area contributed by atoms with Gasteiger partial charge in [0.1, 0.15) is 0 Å². The number of alkyl halides is 3. The molecule has 0 spiro atoms. The molecule has 0 heterocycles. The van der Waals surface area contributed by atoms with Crippen LogP contribution in [-0.2, 0) is 0 Å². The van der Waals surface area contributed by atoms with E-state index < -0.39 is 5.51 Å².